The summed E-state index contributed by atoms with van der Waals surface area (Å²) in [5.74, 6) is 0.593. The molecule has 0 aliphatic heterocycles. The van der Waals surface area contributed by atoms with Crippen LogP contribution < -0.4 is 4.74 Å². The molecule has 0 amide bonds. The van der Waals surface area contributed by atoms with Crippen molar-refractivity contribution in [3.05, 3.63) is 96.1 Å². The number of ether oxygens (including phenoxy) is 1. The molecular formula is C27H28FN3O. The zero-order valence-corrected chi connectivity index (χ0v) is 18.7. The lowest BCUT2D eigenvalue weighted by molar-refractivity contribution is 0.250. The molecule has 0 saturated heterocycles. The van der Waals surface area contributed by atoms with Crippen molar-refractivity contribution < 1.29 is 9.13 Å². The van der Waals surface area contributed by atoms with E-state index in [1.54, 1.807) is 19.2 Å². The molecule has 32 heavy (non-hydrogen) atoms. The van der Waals surface area contributed by atoms with Gasteiger partial charge in [0.1, 0.15) is 11.6 Å². The molecule has 1 unspecified atom stereocenters. The maximum absolute atomic E-state index is 13.3. The van der Waals surface area contributed by atoms with E-state index in [0.29, 0.717) is 0 Å². The van der Waals surface area contributed by atoms with Crippen LogP contribution in [-0.2, 0) is 0 Å². The van der Waals surface area contributed by atoms with Gasteiger partial charge >= 0.3 is 0 Å². The van der Waals surface area contributed by atoms with E-state index in [-0.39, 0.29) is 11.9 Å². The highest BCUT2D eigenvalue weighted by atomic mass is 19.1. The van der Waals surface area contributed by atoms with Crippen LogP contribution in [0.3, 0.4) is 0 Å². The van der Waals surface area contributed by atoms with Gasteiger partial charge in [-0.05, 0) is 71.2 Å². The Hall–Kier alpha value is -3.44. The van der Waals surface area contributed by atoms with Gasteiger partial charge in [-0.3, -0.25) is 10.00 Å². The summed E-state index contributed by atoms with van der Waals surface area (Å²) >= 11 is 0. The quantitative estimate of drug-likeness (QED) is 0.356. The number of aromatic amines is 1. The molecule has 4 aromatic rings. The fourth-order valence-corrected chi connectivity index (χ4v) is 4.18. The summed E-state index contributed by atoms with van der Waals surface area (Å²) < 4.78 is 18.9. The molecule has 1 heterocycles. The number of methoxy groups -OCH3 is 1. The molecule has 0 fully saturated rings. The summed E-state index contributed by atoms with van der Waals surface area (Å²) in [6.45, 7) is 6.19. The number of hydrogen-bond acceptors (Lipinski definition) is 3. The zero-order chi connectivity index (χ0) is 22.5. The van der Waals surface area contributed by atoms with E-state index >= 15 is 0 Å². The highest BCUT2D eigenvalue weighted by Crippen LogP contribution is 2.35. The molecule has 0 aliphatic rings. The van der Waals surface area contributed by atoms with Gasteiger partial charge in [0.05, 0.1) is 19.3 Å². The first-order valence-corrected chi connectivity index (χ1v) is 10.9. The number of halogens is 1. The monoisotopic (exact) mass is 429 g/mol. The van der Waals surface area contributed by atoms with Crippen LogP contribution in [0.4, 0.5) is 4.39 Å². The first-order valence-electron chi connectivity index (χ1n) is 10.9. The Morgan fingerprint density at radius 3 is 1.97 bits per heavy atom. The first-order chi connectivity index (χ1) is 15.6. The molecule has 0 radical (unpaired) electrons. The smallest absolute Gasteiger partial charge is 0.123 e. The molecule has 4 rings (SSSR count). The molecular weight excluding hydrogens is 401 g/mol. The van der Waals surface area contributed by atoms with Crippen LogP contribution >= 0.6 is 0 Å². The number of H-pyrrole nitrogens is 1. The van der Waals surface area contributed by atoms with E-state index in [1.165, 1.54) is 12.1 Å². The van der Waals surface area contributed by atoms with Crippen LogP contribution in [0.5, 0.6) is 5.75 Å². The van der Waals surface area contributed by atoms with Gasteiger partial charge in [0.15, 0.2) is 0 Å². The van der Waals surface area contributed by atoms with Crippen LogP contribution in [0.15, 0.2) is 79.1 Å². The van der Waals surface area contributed by atoms with E-state index in [1.807, 2.05) is 12.4 Å². The topological polar surface area (TPSA) is 41.2 Å². The van der Waals surface area contributed by atoms with E-state index in [9.17, 15) is 4.39 Å². The second-order valence-electron chi connectivity index (χ2n) is 7.73. The fourth-order valence-electron chi connectivity index (χ4n) is 4.18. The number of rotatable bonds is 8. The Morgan fingerprint density at radius 2 is 1.44 bits per heavy atom. The standard InChI is InChI=1S/C27H28FN3O/c1-4-31(5-2)27(24-17-29-30-18-24)23-14-22(15-26(16-23)32-3)21-8-6-19(7-9-21)20-10-12-25(28)13-11-20/h6-18,27H,4-5H2,1-3H3,(H,29,30). The van der Waals surface area contributed by atoms with E-state index in [0.717, 1.165) is 52.2 Å². The molecule has 0 saturated carbocycles. The van der Waals surface area contributed by atoms with Gasteiger partial charge < -0.3 is 4.74 Å². The second-order valence-corrected chi connectivity index (χ2v) is 7.73. The first kappa shape index (κ1) is 21.8. The van der Waals surface area contributed by atoms with Crippen LogP contribution in [0.1, 0.15) is 31.0 Å². The molecule has 1 atom stereocenters. The maximum Gasteiger partial charge on any atom is 0.123 e. The summed E-state index contributed by atoms with van der Waals surface area (Å²) in [7, 11) is 1.70. The lowest BCUT2D eigenvalue weighted by Gasteiger charge is -2.30. The summed E-state index contributed by atoms with van der Waals surface area (Å²) in [5.41, 5.74) is 6.51. The summed E-state index contributed by atoms with van der Waals surface area (Å²) in [6, 6.07) is 21.4. The van der Waals surface area contributed by atoms with E-state index < -0.39 is 0 Å². The van der Waals surface area contributed by atoms with Crippen molar-refractivity contribution in [1.29, 1.82) is 0 Å². The van der Waals surface area contributed by atoms with E-state index in [4.69, 9.17) is 4.74 Å². The number of nitrogens with one attached hydrogen (secondary N) is 1. The minimum atomic E-state index is -0.227. The van der Waals surface area contributed by atoms with Crippen LogP contribution in [0.25, 0.3) is 22.3 Å². The molecule has 0 spiro atoms. The average molecular weight is 430 g/mol. The van der Waals surface area contributed by atoms with Crippen LogP contribution in [-0.4, -0.2) is 35.3 Å². The lowest BCUT2D eigenvalue weighted by atomic mass is 9.94. The van der Waals surface area contributed by atoms with Gasteiger partial charge in [-0.15, -0.1) is 0 Å². The maximum atomic E-state index is 13.3. The van der Waals surface area contributed by atoms with Crippen molar-refractivity contribution >= 4 is 0 Å². The third-order valence-corrected chi connectivity index (χ3v) is 5.89. The van der Waals surface area contributed by atoms with Gasteiger partial charge in [-0.25, -0.2) is 4.39 Å². The largest absolute Gasteiger partial charge is 0.497 e. The van der Waals surface area contributed by atoms with Gasteiger partial charge in [0, 0.05) is 11.8 Å². The summed E-state index contributed by atoms with van der Waals surface area (Å²) in [5, 5.41) is 7.13. The van der Waals surface area contributed by atoms with E-state index in [2.05, 4.69) is 71.4 Å². The van der Waals surface area contributed by atoms with Crippen molar-refractivity contribution in [2.24, 2.45) is 0 Å². The minimum Gasteiger partial charge on any atom is -0.497 e. The van der Waals surface area contributed by atoms with Crippen molar-refractivity contribution in [3.8, 4) is 28.0 Å². The number of hydrogen-bond donors (Lipinski definition) is 1. The molecule has 0 bridgehead atoms. The number of benzene rings is 3. The number of nitrogens with zero attached hydrogens (tertiary/aromatic N) is 2. The molecule has 164 valence electrons. The van der Waals surface area contributed by atoms with Gasteiger partial charge in [0.25, 0.3) is 0 Å². The minimum absolute atomic E-state index is 0.0797. The van der Waals surface area contributed by atoms with Crippen LogP contribution in [0.2, 0.25) is 0 Å². The fraction of sp³-hybridized carbons (Fsp3) is 0.222. The molecule has 0 aliphatic carbocycles. The Bertz CT molecular complexity index is 1130. The predicted molar refractivity (Wildman–Crippen MR) is 127 cm³/mol. The normalized spacial score (nSPS) is 12.2. The van der Waals surface area contributed by atoms with Crippen molar-refractivity contribution in [2.75, 3.05) is 20.2 Å². The summed E-state index contributed by atoms with van der Waals surface area (Å²) in [4.78, 5) is 2.40. The van der Waals surface area contributed by atoms with Gasteiger partial charge in [-0.1, -0.05) is 50.2 Å². The molecule has 5 heteroatoms. The van der Waals surface area contributed by atoms with Crippen molar-refractivity contribution in [1.82, 2.24) is 15.1 Å². The average Bonchev–Trinajstić information content (AvgIpc) is 3.37. The Kier molecular flexibility index (Phi) is 6.66. The highest BCUT2D eigenvalue weighted by molar-refractivity contribution is 5.72. The SMILES string of the molecule is CCN(CC)C(c1cn[nH]c1)c1cc(OC)cc(-c2ccc(-c3ccc(F)cc3)cc2)c1. The lowest BCUT2D eigenvalue weighted by Crippen LogP contribution is -2.29. The van der Waals surface area contributed by atoms with Crippen LogP contribution in [0, 0.1) is 5.82 Å². The van der Waals surface area contributed by atoms with Gasteiger partial charge in [0.2, 0.25) is 0 Å². The van der Waals surface area contributed by atoms with Crippen molar-refractivity contribution in [3.63, 3.8) is 0 Å². The summed E-state index contributed by atoms with van der Waals surface area (Å²) in [6.07, 6.45) is 3.85. The van der Waals surface area contributed by atoms with Gasteiger partial charge in [-0.2, -0.15) is 5.10 Å². The zero-order valence-electron chi connectivity index (χ0n) is 18.7. The predicted octanol–water partition coefficient (Wildman–Crippen LogP) is 6.32. The second kappa shape index (κ2) is 9.79. The Labute approximate surface area is 188 Å². The Morgan fingerprint density at radius 1 is 0.844 bits per heavy atom. The Balaban J connectivity index is 1.73. The highest BCUT2D eigenvalue weighted by Gasteiger charge is 2.22. The third-order valence-electron chi connectivity index (χ3n) is 5.89. The molecule has 3 aromatic carbocycles. The van der Waals surface area contributed by atoms with Crippen molar-refractivity contribution in [2.45, 2.75) is 19.9 Å². The number of aromatic nitrogens is 2. The molecule has 1 aromatic heterocycles. The molecule has 4 nitrogen and oxygen atoms in total. The molecule has 1 N–H and O–H groups in total. The third kappa shape index (κ3) is 4.58.